The molecular weight excluding hydrogens is 407 g/mol. The standard InChI is InChI=1S/C17H13ClF3NO4S/c18-16-6-5-14(9-15(16)17(19,20)21)27(23,24)22(10-12-3-1-7-25-12)11-13-4-2-8-26-13/h1-9H,10-11H2. The Balaban J connectivity index is 2.01. The van der Waals surface area contributed by atoms with E-state index in [1.807, 2.05) is 0 Å². The molecule has 0 aliphatic heterocycles. The molecule has 0 saturated carbocycles. The number of furan rings is 2. The fourth-order valence-corrected chi connectivity index (χ4v) is 4.03. The van der Waals surface area contributed by atoms with Crippen LogP contribution in [-0.2, 0) is 29.3 Å². The fourth-order valence-electron chi connectivity index (χ4n) is 2.41. The Kier molecular flexibility index (Phi) is 5.36. The Bertz CT molecular complexity index is 963. The molecule has 0 fully saturated rings. The molecule has 0 N–H and O–H groups in total. The molecule has 10 heteroatoms. The first-order valence-corrected chi connectivity index (χ1v) is 9.41. The lowest BCUT2D eigenvalue weighted by Crippen LogP contribution is -2.30. The van der Waals surface area contributed by atoms with Crippen LogP contribution in [-0.4, -0.2) is 12.7 Å². The van der Waals surface area contributed by atoms with Gasteiger partial charge >= 0.3 is 6.18 Å². The number of halogens is 4. The summed E-state index contributed by atoms with van der Waals surface area (Å²) in [4.78, 5) is -0.530. The van der Waals surface area contributed by atoms with E-state index in [-0.39, 0.29) is 13.1 Å². The quantitative estimate of drug-likeness (QED) is 0.568. The van der Waals surface area contributed by atoms with Crippen molar-refractivity contribution in [3.8, 4) is 0 Å². The van der Waals surface area contributed by atoms with Gasteiger partial charge in [-0.15, -0.1) is 0 Å². The van der Waals surface area contributed by atoms with Gasteiger partial charge in [-0.2, -0.15) is 17.5 Å². The lowest BCUT2D eigenvalue weighted by Gasteiger charge is -2.21. The van der Waals surface area contributed by atoms with Crippen molar-refractivity contribution in [2.24, 2.45) is 0 Å². The summed E-state index contributed by atoms with van der Waals surface area (Å²) in [6.45, 7) is -0.361. The van der Waals surface area contributed by atoms with Gasteiger partial charge in [0.15, 0.2) is 0 Å². The highest BCUT2D eigenvalue weighted by molar-refractivity contribution is 7.89. The second-order valence-corrected chi connectivity index (χ2v) is 7.92. The van der Waals surface area contributed by atoms with Crippen LogP contribution in [0.4, 0.5) is 13.2 Å². The Morgan fingerprint density at radius 1 is 0.963 bits per heavy atom. The first kappa shape index (κ1) is 19.5. The number of hydrogen-bond donors (Lipinski definition) is 0. The lowest BCUT2D eigenvalue weighted by molar-refractivity contribution is -0.137. The lowest BCUT2D eigenvalue weighted by atomic mass is 10.2. The Morgan fingerprint density at radius 3 is 1.96 bits per heavy atom. The molecule has 0 radical (unpaired) electrons. The molecule has 0 saturated heterocycles. The number of sulfonamides is 1. The van der Waals surface area contributed by atoms with Crippen molar-refractivity contribution in [1.29, 1.82) is 0 Å². The van der Waals surface area contributed by atoms with Crippen molar-refractivity contribution < 1.29 is 30.4 Å². The van der Waals surface area contributed by atoms with Crippen LogP contribution in [0.3, 0.4) is 0 Å². The van der Waals surface area contributed by atoms with E-state index in [9.17, 15) is 21.6 Å². The van der Waals surface area contributed by atoms with Gasteiger partial charge in [-0.1, -0.05) is 11.6 Å². The number of alkyl halides is 3. The summed E-state index contributed by atoms with van der Waals surface area (Å²) in [5.74, 6) is 0.658. The van der Waals surface area contributed by atoms with Gasteiger partial charge in [0.25, 0.3) is 0 Å². The van der Waals surface area contributed by atoms with Gasteiger partial charge in [-0.25, -0.2) is 8.42 Å². The third-order valence-electron chi connectivity index (χ3n) is 3.71. The highest BCUT2D eigenvalue weighted by atomic mass is 35.5. The van der Waals surface area contributed by atoms with Crippen molar-refractivity contribution in [2.45, 2.75) is 24.2 Å². The first-order chi connectivity index (χ1) is 12.7. The zero-order valence-corrected chi connectivity index (χ0v) is 15.2. The second-order valence-electron chi connectivity index (χ2n) is 5.57. The zero-order chi connectivity index (χ0) is 19.7. The zero-order valence-electron chi connectivity index (χ0n) is 13.6. The molecule has 0 spiro atoms. The monoisotopic (exact) mass is 419 g/mol. The Labute approximate surface area is 158 Å². The van der Waals surface area contributed by atoms with E-state index >= 15 is 0 Å². The maximum atomic E-state index is 13.1. The van der Waals surface area contributed by atoms with E-state index in [4.69, 9.17) is 20.4 Å². The smallest absolute Gasteiger partial charge is 0.417 e. The van der Waals surface area contributed by atoms with Gasteiger partial charge in [-0.3, -0.25) is 0 Å². The predicted molar refractivity (Wildman–Crippen MR) is 90.3 cm³/mol. The van der Waals surface area contributed by atoms with Gasteiger partial charge in [-0.05, 0) is 42.5 Å². The predicted octanol–water partition coefficient (Wildman–Crippen LogP) is 4.94. The molecule has 5 nitrogen and oxygen atoms in total. The molecule has 2 heterocycles. The minimum atomic E-state index is -4.78. The van der Waals surface area contributed by atoms with Crippen molar-refractivity contribution in [3.05, 3.63) is 77.1 Å². The third-order valence-corrected chi connectivity index (χ3v) is 5.82. The maximum absolute atomic E-state index is 13.1. The molecule has 0 aliphatic carbocycles. The Morgan fingerprint density at radius 2 is 1.52 bits per heavy atom. The van der Waals surface area contributed by atoms with Crippen LogP contribution >= 0.6 is 11.6 Å². The van der Waals surface area contributed by atoms with Crippen LogP contribution in [0, 0.1) is 0 Å². The summed E-state index contributed by atoms with van der Waals surface area (Å²) >= 11 is 5.58. The first-order valence-electron chi connectivity index (χ1n) is 7.59. The minimum absolute atomic E-state index is 0.181. The van der Waals surface area contributed by atoms with Crippen LogP contribution in [0.2, 0.25) is 5.02 Å². The van der Waals surface area contributed by atoms with Crippen molar-refractivity contribution >= 4 is 21.6 Å². The van der Waals surface area contributed by atoms with Crippen molar-refractivity contribution in [2.75, 3.05) is 0 Å². The third kappa shape index (κ3) is 4.37. The molecule has 27 heavy (non-hydrogen) atoms. The van der Waals surface area contributed by atoms with Crippen molar-refractivity contribution in [1.82, 2.24) is 4.31 Å². The number of nitrogens with zero attached hydrogens (tertiary/aromatic N) is 1. The fraction of sp³-hybridized carbons (Fsp3) is 0.176. The highest BCUT2D eigenvalue weighted by Crippen LogP contribution is 2.36. The molecule has 3 rings (SSSR count). The van der Waals surface area contributed by atoms with Crippen LogP contribution in [0.25, 0.3) is 0 Å². The summed E-state index contributed by atoms with van der Waals surface area (Å²) in [7, 11) is -4.30. The van der Waals surface area contributed by atoms with Gasteiger partial charge in [0.1, 0.15) is 11.5 Å². The van der Waals surface area contributed by atoms with Crippen LogP contribution in [0.1, 0.15) is 17.1 Å². The molecule has 1 aromatic carbocycles. The average molecular weight is 420 g/mol. The van der Waals surface area contributed by atoms with E-state index in [0.717, 1.165) is 16.4 Å². The van der Waals surface area contributed by atoms with Gasteiger partial charge in [0.05, 0.1) is 41.1 Å². The van der Waals surface area contributed by atoms with E-state index in [0.29, 0.717) is 17.6 Å². The van der Waals surface area contributed by atoms with Crippen LogP contribution in [0.5, 0.6) is 0 Å². The summed E-state index contributed by atoms with van der Waals surface area (Å²) < 4.78 is 76.6. The molecule has 2 aromatic heterocycles. The van der Waals surface area contributed by atoms with Gasteiger partial charge in [0, 0.05) is 0 Å². The van der Waals surface area contributed by atoms with Crippen LogP contribution < -0.4 is 0 Å². The average Bonchev–Trinajstić information content (AvgIpc) is 3.27. The normalized spacial score (nSPS) is 12.6. The summed E-state index contributed by atoms with van der Waals surface area (Å²) in [6, 6.07) is 8.75. The summed E-state index contributed by atoms with van der Waals surface area (Å²) in [5, 5.41) is -0.579. The van der Waals surface area contributed by atoms with Gasteiger partial charge in [0.2, 0.25) is 10.0 Å². The molecule has 144 valence electrons. The summed E-state index contributed by atoms with van der Waals surface area (Å²) in [5.41, 5.74) is -1.22. The molecule has 3 aromatic rings. The van der Waals surface area contributed by atoms with Crippen LogP contribution in [0.15, 0.2) is 68.7 Å². The van der Waals surface area contributed by atoms with Crippen molar-refractivity contribution in [3.63, 3.8) is 0 Å². The van der Waals surface area contributed by atoms with E-state index in [1.165, 1.54) is 12.5 Å². The molecule has 0 bridgehead atoms. The summed E-state index contributed by atoms with van der Waals surface area (Å²) in [6.07, 6.45) is -2.04. The maximum Gasteiger partial charge on any atom is 0.417 e. The van der Waals surface area contributed by atoms with E-state index in [1.54, 1.807) is 24.3 Å². The SMILES string of the molecule is O=S(=O)(c1ccc(Cl)c(C(F)(F)F)c1)N(Cc1ccco1)Cc1ccco1. The second kappa shape index (κ2) is 7.41. The number of benzene rings is 1. The minimum Gasteiger partial charge on any atom is -0.468 e. The molecule has 0 amide bonds. The topological polar surface area (TPSA) is 63.7 Å². The number of hydrogen-bond acceptors (Lipinski definition) is 4. The molecule has 0 aliphatic rings. The molecule has 0 unspecified atom stereocenters. The van der Waals surface area contributed by atoms with E-state index in [2.05, 4.69) is 0 Å². The highest BCUT2D eigenvalue weighted by Gasteiger charge is 2.36. The van der Waals surface area contributed by atoms with Gasteiger partial charge < -0.3 is 8.83 Å². The molecule has 0 atom stereocenters. The number of rotatable bonds is 6. The Hall–Kier alpha value is -2.23. The largest absolute Gasteiger partial charge is 0.468 e. The molecular formula is C17H13ClF3NO4S. The van der Waals surface area contributed by atoms with E-state index < -0.39 is 31.7 Å².